The lowest BCUT2D eigenvalue weighted by Gasteiger charge is -2.20. The van der Waals surface area contributed by atoms with Gasteiger partial charge in [0.1, 0.15) is 11.6 Å². The van der Waals surface area contributed by atoms with Gasteiger partial charge in [-0.25, -0.2) is 13.6 Å². The molecule has 1 aromatic carbocycles. The van der Waals surface area contributed by atoms with Crippen LogP contribution in [0.25, 0.3) is 0 Å². The number of aliphatic carboxylic acids is 1. The third kappa shape index (κ3) is 4.44. The van der Waals surface area contributed by atoms with Crippen LogP contribution in [0, 0.1) is 11.6 Å². The Morgan fingerprint density at radius 1 is 1.35 bits per heavy atom. The van der Waals surface area contributed by atoms with Gasteiger partial charge in [0.15, 0.2) is 0 Å². The number of hydrogen-bond donors (Lipinski definition) is 2. The molecule has 8 heteroatoms. The van der Waals surface area contributed by atoms with E-state index in [2.05, 4.69) is 21.2 Å². The van der Waals surface area contributed by atoms with Gasteiger partial charge in [-0.15, -0.1) is 0 Å². The monoisotopic (exact) mass is 350 g/mol. The van der Waals surface area contributed by atoms with Gasteiger partial charge in [0.2, 0.25) is 0 Å². The van der Waals surface area contributed by atoms with Gasteiger partial charge in [-0.1, -0.05) is 0 Å². The fourth-order valence-corrected chi connectivity index (χ4v) is 1.76. The third-order valence-corrected chi connectivity index (χ3v) is 3.12. The Labute approximate surface area is 122 Å². The van der Waals surface area contributed by atoms with E-state index < -0.39 is 23.6 Å². The van der Waals surface area contributed by atoms with Gasteiger partial charge in [-0.3, -0.25) is 4.79 Å². The first kappa shape index (κ1) is 16.4. The zero-order valence-electron chi connectivity index (χ0n) is 10.6. The molecule has 0 fully saturated rings. The van der Waals surface area contributed by atoms with Crippen LogP contribution in [0.4, 0.5) is 19.3 Å². The van der Waals surface area contributed by atoms with Crippen molar-refractivity contribution in [2.24, 2.45) is 0 Å². The van der Waals surface area contributed by atoms with E-state index in [4.69, 9.17) is 5.11 Å². The van der Waals surface area contributed by atoms with Gasteiger partial charge in [0, 0.05) is 19.2 Å². The zero-order valence-corrected chi connectivity index (χ0v) is 12.2. The molecule has 0 atom stereocenters. The number of carbonyl (C=O) groups is 2. The second-order valence-corrected chi connectivity index (χ2v) is 4.75. The summed E-state index contributed by atoms with van der Waals surface area (Å²) in [7, 11) is 0. The van der Waals surface area contributed by atoms with Gasteiger partial charge >= 0.3 is 12.0 Å². The number of benzene rings is 1. The largest absolute Gasteiger partial charge is 0.481 e. The van der Waals surface area contributed by atoms with Crippen molar-refractivity contribution in [3.63, 3.8) is 0 Å². The van der Waals surface area contributed by atoms with E-state index in [1.807, 2.05) is 0 Å². The Balaban J connectivity index is 2.78. The number of nitrogens with one attached hydrogen (secondary N) is 1. The van der Waals surface area contributed by atoms with Crippen LogP contribution in [-0.2, 0) is 4.79 Å². The van der Waals surface area contributed by atoms with Gasteiger partial charge in [0.05, 0.1) is 16.6 Å². The quantitative estimate of drug-likeness (QED) is 0.801. The summed E-state index contributed by atoms with van der Waals surface area (Å²) >= 11 is 2.83. The average Bonchev–Trinajstić information content (AvgIpc) is 2.36. The van der Waals surface area contributed by atoms with Crippen LogP contribution < -0.4 is 5.32 Å². The molecule has 1 aromatic rings. The highest BCUT2D eigenvalue weighted by atomic mass is 79.9. The number of urea groups is 1. The number of nitrogens with zero attached hydrogens (tertiary/aromatic N) is 1. The number of amides is 2. The molecule has 20 heavy (non-hydrogen) atoms. The Kier molecular flexibility index (Phi) is 5.87. The second-order valence-electron chi connectivity index (χ2n) is 3.90. The van der Waals surface area contributed by atoms with Crippen molar-refractivity contribution in [1.29, 1.82) is 0 Å². The molecule has 0 aliphatic carbocycles. The Morgan fingerprint density at radius 2 is 2.00 bits per heavy atom. The Bertz CT molecular complexity index is 526. The maximum Gasteiger partial charge on any atom is 0.321 e. The molecule has 0 heterocycles. The van der Waals surface area contributed by atoms with Crippen molar-refractivity contribution < 1.29 is 23.5 Å². The van der Waals surface area contributed by atoms with Crippen LogP contribution in [-0.4, -0.2) is 35.1 Å². The van der Waals surface area contributed by atoms with Crippen molar-refractivity contribution >= 4 is 33.6 Å². The van der Waals surface area contributed by atoms with Gasteiger partial charge in [0.25, 0.3) is 0 Å². The first-order chi connectivity index (χ1) is 9.35. The first-order valence-electron chi connectivity index (χ1n) is 5.77. The van der Waals surface area contributed by atoms with E-state index >= 15 is 0 Å². The van der Waals surface area contributed by atoms with Crippen LogP contribution in [0.1, 0.15) is 13.3 Å². The van der Waals surface area contributed by atoms with Gasteiger partial charge in [-0.05, 0) is 28.9 Å². The lowest BCUT2D eigenvalue weighted by atomic mass is 10.3. The summed E-state index contributed by atoms with van der Waals surface area (Å²) in [6, 6.07) is 1.07. The Hall–Kier alpha value is -1.70. The molecule has 2 amide bonds. The van der Waals surface area contributed by atoms with E-state index in [0.29, 0.717) is 0 Å². The summed E-state index contributed by atoms with van der Waals surface area (Å²) in [5.74, 6) is -2.55. The van der Waals surface area contributed by atoms with Crippen molar-refractivity contribution in [3.8, 4) is 0 Å². The van der Waals surface area contributed by atoms with Crippen molar-refractivity contribution in [2.75, 3.05) is 18.4 Å². The minimum atomic E-state index is -1.04. The highest BCUT2D eigenvalue weighted by molar-refractivity contribution is 9.10. The molecule has 0 aliphatic rings. The molecule has 1 rings (SSSR count). The molecule has 0 aliphatic heterocycles. The second kappa shape index (κ2) is 7.18. The maximum absolute atomic E-state index is 13.5. The van der Waals surface area contributed by atoms with Crippen LogP contribution in [0.3, 0.4) is 0 Å². The molecular formula is C12H13BrF2N2O3. The van der Waals surface area contributed by atoms with Gasteiger partial charge in [-0.2, -0.15) is 0 Å². The summed E-state index contributed by atoms with van der Waals surface area (Å²) in [5.41, 5.74) is -0.301. The van der Waals surface area contributed by atoms with E-state index in [-0.39, 0.29) is 29.7 Å². The van der Waals surface area contributed by atoms with Crippen LogP contribution in [0.5, 0.6) is 0 Å². The molecule has 0 unspecified atom stereocenters. The minimum Gasteiger partial charge on any atom is -0.481 e. The number of rotatable bonds is 5. The van der Waals surface area contributed by atoms with E-state index in [1.54, 1.807) is 6.92 Å². The number of halogens is 3. The van der Waals surface area contributed by atoms with E-state index in [9.17, 15) is 18.4 Å². The summed E-state index contributed by atoms with van der Waals surface area (Å²) < 4.78 is 26.8. The third-order valence-electron chi connectivity index (χ3n) is 2.52. The summed E-state index contributed by atoms with van der Waals surface area (Å²) in [6.45, 7) is 1.89. The highest BCUT2D eigenvalue weighted by Crippen LogP contribution is 2.23. The molecule has 0 bridgehead atoms. The molecular weight excluding hydrogens is 338 g/mol. The average molecular weight is 351 g/mol. The first-order valence-corrected chi connectivity index (χ1v) is 6.56. The number of anilines is 1. The molecule has 0 saturated heterocycles. The highest BCUT2D eigenvalue weighted by Gasteiger charge is 2.16. The molecule has 110 valence electrons. The summed E-state index contributed by atoms with van der Waals surface area (Å²) in [6.07, 6.45) is -0.224. The lowest BCUT2D eigenvalue weighted by molar-refractivity contribution is -0.137. The van der Waals surface area contributed by atoms with Crippen molar-refractivity contribution in [1.82, 2.24) is 4.90 Å². The topological polar surface area (TPSA) is 69.6 Å². The van der Waals surface area contributed by atoms with Crippen LogP contribution in [0.2, 0.25) is 0 Å². The van der Waals surface area contributed by atoms with E-state index in [0.717, 1.165) is 12.1 Å². The lowest BCUT2D eigenvalue weighted by Crippen LogP contribution is -2.36. The fraction of sp³-hybridized carbons (Fsp3) is 0.333. The van der Waals surface area contributed by atoms with E-state index in [1.165, 1.54) is 4.90 Å². The number of carbonyl (C=O) groups excluding carboxylic acids is 1. The Morgan fingerprint density at radius 3 is 2.55 bits per heavy atom. The molecule has 0 radical (unpaired) electrons. The van der Waals surface area contributed by atoms with Crippen LogP contribution >= 0.6 is 15.9 Å². The predicted octanol–water partition coefficient (Wildman–Crippen LogP) is 3.06. The van der Waals surface area contributed by atoms with Gasteiger partial charge < -0.3 is 15.3 Å². The minimum absolute atomic E-state index is 0.0156. The molecule has 5 nitrogen and oxygen atoms in total. The normalized spacial score (nSPS) is 10.2. The number of hydrogen-bond acceptors (Lipinski definition) is 2. The smallest absolute Gasteiger partial charge is 0.321 e. The molecule has 2 N–H and O–H groups in total. The van der Waals surface area contributed by atoms with Crippen molar-refractivity contribution in [2.45, 2.75) is 13.3 Å². The fourth-order valence-electron chi connectivity index (χ4n) is 1.45. The SMILES string of the molecule is CCN(CCC(=O)O)C(=O)Nc1cc(F)c(Br)cc1F. The summed E-state index contributed by atoms with van der Waals surface area (Å²) in [4.78, 5) is 23.5. The summed E-state index contributed by atoms with van der Waals surface area (Å²) in [5, 5.41) is 10.8. The zero-order chi connectivity index (χ0) is 15.3. The number of carboxylic acid groups (broad SMARTS) is 1. The molecule has 0 aromatic heterocycles. The van der Waals surface area contributed by atoms with Crippen LogP contribution in [0.15, 0.2) is 16.6 Å². The number of carboxylic acids is 1. The van der Waals surface area contributed by atoms with Crippen molar-refractivity contribution in [3.05, 3.63) is 28.2 Å². The standard InChI is InChI=1S/C12H13BrF2N2O3/c1-2-17(4-3-11(18)19)12(20)16-10-6-8(14)7(13)5-9(10)15/h5-6H,2-4H2,1H3,(H,16,20)(H,18,19). The molecule has 0 saturated carbocycles. The predicted molar refractivity (Wildman–Crippen MR) is 72.6 cm³/mol. The molecule has 0 spiro atoms. The maximum atomic E-state index is 13.5.